The van der Waals surface area contributed by atoms with Crippen LogP contribution in [-0.2, 0) is 6.42 Å². The van der Waals surface area contributed by atoms with Crippen LogP contribution in [-0.4, -0.2) is 23.6 Å². The maximum atomic E-state index is 8.48. The summed E-state index contributed by atoms with van der Waals surface area (Å²) in [6.07, 6.45) is 1.90. The number of nitrogens with zero attached hydrogens (tertiary/aromatic N) is 3. The molecular weight excluding hydrogens is 238 g/mol. The standard InChI is InChI=1S/C14H17N5/c1-9-13(12-4-2-3-5-14(12)17-9)7-10-6-11(8-16-10)18-19-15/h2-5,10-11,16-17H,6-8H2,1H3/t10-,11+/m1/s1. The van der Waals surface area contributed by atoms with Gasteiger partial charge in [-0.25, -0.2) is 0 Å². The van der Waals surface area contributed by atoms with E-state index in [1.54, 1.807) is 0 Å². The Morgan fingerprint density at radius 3 is 3.11 bits per heavy atom. The quantitative estimate of drug-likeness (QED) is 0.493. The van der Waals surface area contributed by atoms with Crippen molar-refractivity contribution < 1.29 is 0 Å². The Morgan fingerprint density at radius 2 is 2.26 bits per heavy atom. The van der Waals surface area contributed by atoms with Gasteiger partial charge in [0.1, 0.15) is 0 Å². The van der Waals surface area contributed by atoms with E-state index in [4.69, 9.17) is 5.53 Å². The number of azide groups is 1. The van der Waals surface area contributed by atoms with Crippen LogP contribution >= 0.6 is 0 Å². The van der Waals surface area contributed by atoms with Gasteiger partial charge in [-0.1, -0.05) is 23.3 Å². The SMILES string of the molecule is Cc1[nH]c2ccccc2c1C[C@H]1C[C@H](N=[N+]=[N-])CN1. The minimum absolute atomic E-state index is 0.0977. The molecule has 2 N–H and O–H groups in total. The molecule has 2 heterocycles. The van der Waals surface area contributed by atoms with E-state index in [1.165, 1.54) is 22.2 Å². The maximum absolute atomic E-state index is 8.48. The molecule has 1 aliphatic heterocycles. The molecule has 2 atom stereocenters. The average Bonchev–Trinajstić information content (AvgIpc) is 2.96. The molecule has 0 amide bonds. The molecule has 1 fully saturated rings. The topological polar surface area (TPSA) is 76.6 Å². The van der Waals surface area contributed by atoms with Gasteiger partial charge < -0.3 is 10.3 Å². The molecule has 19 heavy (non-hydrogen) atoms. The number of hydrogen-bond acceptors (Lipinski definition) is 2. The first-order chi connectivity index (χ1) is 9.28. The summed E-state index contributed by atoms with van der Waals surface area (Å²) < 4.78 is 0. The van der Waals surface area contributed by atoms with Crippen molar-refractivity contribution in [2.45, 2.75) is 31.8 Å². The van der Waals surface area contributed by atoms with E-state index in [0.717, 1.165) is 19.4 Å². The van der Waals surface area contributed by atoms with Crippen LogP contribution in [0.15, 0.2) is 29.4 Å². The van der Waals surface area contributed by atoms with E-state index in [-0.39, 0.29) is 6.04 Å². The van der Waals surface area contributed by atoms with E-state index in [0.29, 0.717) is 6.04 Å². The van der Waals surface area contributed by atoms with Gasteiger partial charge in [-0.2, -0.15) is 0 Å². The Kier molecular flexibility index (Phi) is 3.15. The molecular formula is C14H17N5. The van der Waals surface area contributed by atoms with E-state index in [1.807, 2.05) is 6.07 Å². The first-order valence-electron chi connectivity index (χ1n) is 6.61. The number of H-pyrrole nitrogens is 1. The minimum Gasteiger partial charge on any atom is -0.358 e. The smallest absolute Gasteiger partial charge is 0.0513 e. The molecule has 98 valence electrons. The summed E-state index contributed by atoms with van der Waals surface area (Å²) >= 11 is 0. The molecule has 3 rings (SSSR count). The van der Waals surface area contributed by atoms with Gasteiger partial charge in [0, 0.05) is 34.1 Å². The molecule has 1 saturated heterocycles. The fraction of sp³-hybridized carbons (Fsp3) is 0.429. The lowest BCUT2D eigenvalue weighted by Crippen LogP contribution is -2.23. The first kappa shape index (κ1) is 12.1. The van der Waals surface area contributed by atoms with Crippen molar-refractivity contribution in [2.24, 2.45) is 5.11 Å². The Labute approximate surface area is 111 Å². The van der Waals surface area contributed by atoms with Gasteiger partial charge in [-0.15, -0.1) is 0 Å². The van der Waals surface area contributed by atoms with Crippen LogP contribution in [0.25, 0.3) is 21.3 Å². The molecule has 5 nitrogen and oxygen atoms in total. The Bertz CT molecular complexity index is 638. The molecule has 0 bridgehead atoms. The summed E-state index contributed by atoms with van der Waals surface area (Å²) in [6.45, 7) is 2.91. The lowest BCUT2D eigenvalue weighted by Gasteiger charge is -2.10. The molecule has 1 aromatic carbocycles. The highest BCUT2D eigenvalue weighted by Crippen LogP contribution is 2.25. The summed E-state index contributed by atoms with van der Waals surface area (Å²) in [5.74, 6) is 0. The first-order valence-corrected chi connectivity index (χ1v) is 6.61. The van der Waals surface area contributed by atoms with E-state index < -0.39 is 0 Å². The van der Waals surface area contributed by atoms with Gasteiger partial charge in [-0.3, -0.25) is 0 Å². The van der Waals surface area contributed by atoms with Crippen LogP contribution in [0.3, 0.4) is 0 Å². The number of benzene rings is 1. The van der Waals surface area contributed by atoms with E-state index in [9.17, 15) is 0 Å². The Morgan fingerprint density at radius 1 is 1.42 bits per heavy atom. The van der Waals surface area contributed by atoms with Crippen molar-refractivity contribution in [3.05, 3.63) is 46.0 Å². The second-order valence-electron chi connectivity index (χ2n) is 5.18. The fourth-order valence-corrected chi connectivity index (χ4v) is 2.96. The van der Waals surface area contributed by atoms with Crippen molar-refractivity contribution in [1.29, 1.82) is 0 Å². The average molecular weight is 255 g/mol. The van der Waals surface area contributed by atoms with Crippen LogP contribution in [0.5, 0.6) is 0 Å². The summed E-state index contributed by atoms with van der Waals surface area (Å²) in [5.41, 5.74) is 12.3. The zero-order valence-corrected chi connectivity index (χ0v) is 10.9. The Hall–Kier alpha value is -1.97. The number of fused-ring (bicyclic) bond motifs is 1. The highest BCUT2D eigenvalue weighted by Gasteiger charge is 2.24. The van der Waals surface area contributed by atoms with Gasteiger partial charge >= 0.3 is 0 Å². The molecule has 2 aromatic rings. The van der Waals surface area contributed by atoms with Gasteiger partial charge in [0.2, 0.25) is 0 Å². The highest BCUT2D eigenvalue weighted by atomic mass is 15.2. The number of aromatic nitrogens is 1. The highest BCUT2D eigenvalue weighted by molar-refractivity contribution is 5.84. The van der Waals surface area contributed by atoms with Gasteiger partial charge in [0.15, 0.2) is 0 Å². The summed E-state index contributed by atoms with van der Waals surface area (Å²) in [6, 6.07) is 8.89. The number of aryl methyl sites for hydroxylation is 1. The molecule has 1 aromatic heterocycles. The minimum atomic E-state index is 0.0977. The lowest BCUT2D eigenvalue weighted by molar-refractivity contribution is 0.597. The van der Waals surface area contributed by atoms with Crippen LogP contribution in [0, 0.1) is 6.92 Å². The second-order valence-corrected chi connectivity index (χ2v) is 5.18. The summed E-state index contributed by atoms with van der Waals surface area (Å²) in [4.78, 5) is 6.32. The molecule has 1 aliphatic rings. The van der Waals surface area contributed by atoms with Gasteiger partial charge in [-0.05, 0) is 36.9 Å². The van der Waals surface area contributed by atoms with E-state index >= 15 is 0 Å². The number of hydrogen-bond donors (Lipinski definition) is 2. The molecule has 5 heteroatoms. The summed E-state index contributed by atoms with van der Waals surface area (Å²) in [7, 11) is 0. The van der Waals surface area contributed by atoms with Crippen LogP contribution in [0.4, 0.5) is 0 Å². The third kappa shape index (κ3) is 2.30. The van der Waals surface area contributed by atoms with Crippen LogP contribution in [0.2, 0.25) is 0 Å². The lowest BCUT2D eigenvalue weighted by atomic mass is 10.0. The van der Waals surface area contributed by atoms with Gasteiger partial charge in [0.05, 0.1) is 6.04 Å². The third-order valence-corrected chi connectivity index (χ3v) is 3.89. The predicted molar refractivity (Wildman–Crippen MR) is 76.1 cm³/mol. The predicted octanol–water partition coefficient (Wildman–Crippen LogP) is 3.06. The molecule has 0 saturated carbocycles. The van der Waals surface area contributed by atoms with Crippen molar-refractivity contribution in [1.82, 2.24) is 10.3 Å². The number of rotatable bonds is 3. The van der Waals surface area contributed by atoms with Crippen molar-refractivity contribution in [2.75, 3.05) is 6.54 Å². The largest absolute Gasteiger partial charge is 0.358 e. The number of aromatic amines is 1. The third-order valence-electron chi connectivity index (χ3n) is 3.89. The zero-order valence-electron chi connectivity index (χ0n) is 10.9. The van der Waals surface area contributed by atoms with Gasteiger partial charge in [0.25, 0.3) is 0 Å². The monoisotopic (exact) mass is 255 g/mol. The van der Waals surface area contributed by atoms with Crippen molar-refractivity contribution >= 4 is 10.9 Å². The maximum Gasteiger partial charge on any atom is 0.0513 e. The van der Waals surface area contributed by atoms with Crippen LogP contribution in [0.1, 0.15) is 17.7 Å². The Balaban J connectivity index is 1.82. The van der Waals surface area contributed by atoms with Crippen molar-refractivity contribution in [3.63, 3.8) is 0 Å². The zero-order chi connectivity index (χ0) is 13.2. The van der Waals surface area contributed by atoms with E-state index in [2.05, 4.69) is 45.4 Å². The molecule has 0 unspecified atom stereocenters. The second kappa shape index (κ2) is 4.96. The van der Waals surface area contributed by atoms with Crippen LogP contribution < -0.4 is 5.32 Å². The fourth-order valence-electron chi connectivity index (χ4n) is 2.96. The number of para-hydroxylation sites is 1. The number of nitrogens with one attached hydrogen (secondary N) is 2. The molecule has 0 radical (unpaired) electrons. The summed E-state index contributed by atoms with van der Waals surface area (Å²) in [5, 5.41) is 8.54. The van der Waals surface area contributed by atoms with Crippen molar-refractivity contribution in [3.8, 4) is 0 Å². The molecule has 0 aliphatic carbocycles. The normalized spacial score (nSPS) is 22.6. The molecule has 0 spiro atoms.